The number of hydrogen-bond donors (Lipinski definition) is 1. The summed E-state index contributed by atoms with van der Waals surface area (Å²) < 4.78 is 85.1. The normalized spacial score (nSPS) is 14.6. The number of rotatable bonds is 16. The van der Waals surface area contributed by atoms with Crippen molar-refractivity contribution in [2.24, 2.45) is 0 Å². The minimum Gasteiger partial charge on any atom is -0.755 e. The van der Waals surface area contributed by atoms with E-state index < -0.39 is 43.9 Å². The van der Waals surface area contributed by atoms with E-state index in [9.17, 15) is 13.6 Å². The van der Waals surface area contributed by atoms with Crippen molar-refractivity contribution in [1.82, 2.24) is 34.4 Å². The lowest BCUT2D eigenvalue weighted by Crippen LogP contribution is -2.42. The Bertz CT molecular complexity index is 3000. The lowest BCUT2D eigenvalue weighted by molar-refractivity contribution is 0.0292. The maximum absolute atomic E-state index is 16.3. The molecule has 68 heavy (non-hydrogen) atoms. The number of thiazole rings is 1. The lowest BCUT2D eigenvalue weighted by Gasteiger charge is -2.35. The number of carbonyl (C=O) groups excluding carboxylic acids is 1. The monoisotopic (exact) mass is 980 g/mol. The number of nitrogens with two attached hydrogens (primary N) is 1. The molecule has 1 fully saturated rings. The summed E-state index contributed by atoms with van der Waals surface area (Å²) in [5.74, 6) is 1.70. The quantitative estimate of drug-likeness (QED) is 0.0942. The third kappa shape index (κ3) is 10.6. The van der Waals surface area contributed by atoms with Crippen LogP contribution in [0.25, 0.3) is 32.7 Å². The molecule has 2 aromatic heterocycles. The number of hydrogen-bond acceptors (Lipinski definition) is 15. The number of likely N-dealkylation sites (tertiary alicyclic amines) is 1. The summed E-state index contributed by atoms with van der Waals surface area (Å²) in [5.41, 5.74) is 8.58. The minimum absolute atomic E-state index is 0.0158. The molecule has 0 saturated carbocycles. The lowest BCUT2D eigenvalue weighted by atomic mass is 9.97. The number of ether oxygens (including phenoxy) is 4. The van der Waals surface area contributed by atoms with Crippen LogP contribution in [0.1, 0.15) is 43.9 Å². The molecule has 1 saturated heterocycles. The summed E-state index contributed by atoms with van der Waals surface area (Å²) in [7, 11) is -0.193. The van der Waals surface area contributed by atoms with Crippen LogP contribution in [0.3, 0.4) is 0 Å². The molecule has 1 aliphatic rings. The fourth-order valence-corrected chi connectivity index (χ4v) is 11.2. The van der Waals surface area contributed by atoms with Crippen molar-refractivity contribution in [2.45, 2.75) is 63.4 Å². The summed E-state index contributed by atoms with van der Waals surface area (Å²) in [6.45, 7) is 5.13. The molecule has 0 bridgehead atoms. The largest absolute Gasteiger partial charge is 0.755 e. The number of aromatic nitrogens is 5. The van der Waals surface area contributed by atoms with Crippen LogP contribution in [-0.4, -0.2) is 104 Å². The van der Waals surface area contributed by atoms with Crippen LogP contribution < -0.4 is 24.2 Å². The summed E-state index contributed by atoms with van der Waals surface area (Å²) in [4.78, 5) is 20.2. The number of sulfonamides is 1. The van der Waals surface area contributed by atoms with Gasteiger partial charge in [-0.15, -0.1) is 10.2 Å². The van der Waals surface area contributed by atoms with Gasteiger partial charge in [0.2, 0.25) is 15.8 Å². The number of nitrogens with zero attached hydrogens (tertiary/aromatic N) is 8. The third-order valence-electron chi connectivity index (χ3n) is 11.2. The molecule has 1 amide bonds. The van der Waals surface area contributed by atoms with Gasteiger partial charge in [-0.25, -0.2) is 18.2 Å². The first-order valence-corrected chi connectivity index (χ1v) is 24.7. The maximum Gasteiger partial charge on any atom is 0.410 e. The number of carbonyl (C=O) groups is 1. The second kappa shape index (κ2) is 19.9. The zero-order chi connectivity index (χ0) is 48.3. The highest BCUT2D eigenvalue weighted by atomic mass is 32.2. The van der Waals surface area contributed by atoms with Crippen molar-refractivity contribution < 1.29 is 40.9 Å². The van der Waals surface area contributed by atoms with Crippen molar-refractivity contribution in [1.29, 1.82) is 0 Å². The molecule has 0 aliphatic carbocycles. The van der Waals surface area contributed by atoms with Crippen molar-refractivity contribution in [3.63, 3.8) is 0 Å². The number of anilines is 2. The van der Waals surface area contributed by atoms with Gasteiger partial charge in [0.25, 0.3) is 0 Å². The van der Waals surface area contributed by atoms with E-state index in [4.69, 9.17) is 29.8 Å². The van der Waals surface area contributed by atoms with Crippen LogP contribution in [0.2, 0.25) is 0 Å². The molecule has 7 aromatic rings. The average molecular weight is 981 g/mol. The van der Waals surface area contributed by atoms with Gasteiger partial charge in [0.1, 0.15) is 27.7 Å². The Hall–Kier alpha value is -6.65. The Balaban J connectivity index is 1.37. The number of benzene rings is 5. The average Bonchev–Trinajstić information content (AvgIpc) is 4.09. The molecule has 5 aromatic carbocycles. The van der Waals surface area contributed by atoms with E-state index >= 15 is 8.42 Å². The van der Waals surface area contributed by atoms with E-state index in [2.05, 4.69) is 15.3 Å². The second-order valence-corrected chi connectivity index (χ2v) is 20.7. The molecular formula is C47H50N9O9S3-. The predicted octanol–water partition coefficient (Wildman–Crippen LogP) is 7.27. The third-order valence-corrected chi connectivity index (χ3v) is 14.7. The molecule has 18 nitrogen and oxygen atoms in total. The Labute approximate surface area is 400 Å². The van der Waals surface area contributed by atoms with Gasteiger partial charge in [0.05, 0.1) is 55.4 Å². The molecule has 0 spiro atoms. The first-order valence-electron chi connectivity index (χ1n) is 21.4. The fourth-order valence-electron chi connectivity index (χ4n) is 7.93. The molecule has 356 valence electrons. The van der Waals surface area contributed by atoms with Gasteiger partial charge in [-0.2, -0.15) is 9.10 Å². The smallest absolute Gasteiger partial charge is 0.410 e. The molecular weight excluding hydrogens is 931 g/mol. The SMILES string of the molecule is COc1ccc(CN(Cc2ccc(OC)cc2)S(=O)(=O)c2c(N([C@@H]3CCN(C(=O)OC(C)(C)C)C3)S(=O)[O-])ccc(-c3ccc4sc(N)nc4c3)c2-c2nnn(Cc3ccc(OC)cc3)n2)cc1. The number of nitrogen functional groups attached to an aromatic ring is 1. The molecule has 21 heteroatoms. The highest BCUT2D eigenvalue weighted by Crippen LogP contribution is 2.45. The summed E-state index contributed by atoms with van der Waals surface area (Å²) >= 11 is -1.79. The Morgan fingerprint density at radius 2 is 1.46 bits per heavy atom. The molecule has 3 heterocycles. The highest BCUT2D eigenvalue weighted by Gasteiger charge is 2.40. The van der Waals surface area contributed by atoms with Gasteiger partial charge in [-0.3, -0.25) is 8.51 Å². The van der Waals surface area contributed by atoms with Crippen LogP contribution in [0.5, 0.6) is 17.2 Å². The van der Waals surface area contributed by atoms with Crippen molar-refractivity contribution in [3.8, 4) is 39.8 Å². The van der Waals surface area contributed by atoms with Gasteiger partial charge < -0.3 is 34.1 Å². The van der Waals surface area contributed by atoms with E-state index in [1.165, 1.54) is 45.6 Å². The predicted molar refractivity (Wildman–Crippen MR) is 258 cm³/mol. The van der Waals surface area contributed by atoms with E-state index in [1.807, 2.05) is 24.3 Å². The highest BCUT2D eigenvalue weighted by molar-refractivity contribution is 7.89. The maximum atomic E-state index is 16.3. The summed E-state index contributed by atoms with van der Waals surface area (Å²) in [6, 6.07) is 28.9. The Morgan fingerprint density at radius 3 is 2.01 bits per heavy atom. The molecule has 2 atom stereocenters. The minimum atomic E-state index is -4.84. The molecule has 0 radical (unpaired) electrons. The zero-order valence-electron chi connectivity index (χ0n) is 38.2. The van der Waals surface area contributed by atoms with E-state index in [-0.39, 0.29) is 56.2 Å². The standard InChI is InChI=1S/C47H51N9O9S3/c1-47(2,3)65-46(57)53-24-23-34(29-53)56(67(58)59)40-21-20-38(33-13-22-41-39(25-33)49-45(48)66-41)42(44-50-52-55(51-44)28-32-11-18-37(64-6)19-12-32)43(40)68(60,61)54(26-30-7-14-35(62-4)15-8-30)27-31-9-16-36(63-5)17-10-31/h7-22,25,34H,23-24,26-29H2,1-6H3,(H2,48,49)(H,58,59)/p-1/t34-/m1/s1. The van der Waals surface area contributed by atoms with E-state index in [0.717, 1.165) is 14.6 Å². The second-order valence-electron chi connectivity index (χ2n) is 16.9. The van der Waals surface area contributed by atoms with Crippen LogP contribution in [0, 0.1) is 0 Å². The fraction of sp³-hybridized carbons (Fsp3) is 0.298. The van der Waals surface area contributed by atoms with Crippen LogP contribution >= 0.6 is 11.3 Å². The number of methoxy groups -OCH3 is 3. The van der Waals surface area contributed by atoms with Crippen molar-refractivity contribution in [3.05, 3.63) is 120 Å². The number of amides is 1. The van der Waals surface area contributed by atoms with Gasteiger partial charge in [0.15, 0.2) is 5.13 Å². The molecule has 2 N–H and O–H groups in total. The van der Waals surface area contributed by atoms with Crippen molar-refractivity contribution >= 4 is 59.8 Å². The molecule has 8 rings (SSSR count). The van der Waals surface area contributed by atoms with Crippen LogP contribution in [0.4, 0.5) is 15.6 Å². The number of tetrazole rings is 1. The first-order chi connectivity index (χ1) is 32.5. The van der Waals surface area contributed by atoms with Gasteiger partial charge in [-0.1, -0.05) is 59.9 Å². The van der Waals surface area contributed by atoms with Gasteiger partial charge >= 0.3 is 6.09 Å². The van der Waals surface area contributed by atoms with Crippen molar-refractivity contribution in [2.75, 3.05) is 44.5 Å². The zero-order valence-corrected chi connectivity index (χ0v) is 40.6. The number of fused-ring (bicyclic) bond motifs is 1. The van der Waals surface area contributed by atoms with E-state index in [0.29, 0.717) is 50.2 Å². The Morgan fingerprint density at radius 1 is 0.868 bits per heavy atom. The topological polar surface area (TPSA) is 220 Å². The van der Waals surface area contributed by atoms with Gasteiger partial charge in [-0.05, 0) is 115 Å². The summed E-state index contributed by atoms with van der Waals surface area (Å²) in [6.07, 6.45) is -0.454. The molecule has 1 unspecified atom stereocenters. The van der Waals surface area contributed by atoms with E-state index in [1.54, 1.807) is 101 Å². The van der Waals surface area contributed by atoms with Gasteiger partial charge in [0, 0.05) is 37.4 Å². The first kappa shape index (κ1) is 47.8. The van der Waals surface area contributed by atoms with Crippen LogP contribution in [0.15, 0.2) is 108 Å². The Kier molecular flexibility index (Phi) is 14.0. The summed E-state index contributed by atoms with van der Waals surface area (Å²) in [5, 5.41) is 14.0. The molecule has 1 aliphatic heterocycles. The van der Waals surface area contributed by atoms with Crippen LogP contribution in [-0.2, 0) is 45.7 Å².